The SMILES string of the molecule is Cc1ccc2c(C)c(C(=O)N3CCC(O)(Cn4ccnc4C(C)C)CC3)oc2c1C. The number of piperidine rings is 1. The minimum absolute atomic E-state index is 0.0895. The van der Waals surface area contributed by atoms with Crippen LogP contribution in [0.2, 0.25) is 0 Å². The first-order valence-electron chi connectivity index (χ1n) is 10.7. The molecule has 1 saturated heterocycles. The first-order chi connectivity index (χ1) is 14.2. The summed E-state index contributed by atoms with van der Waals surface area (Å²) in [6.07, 6.45) is 4.77. The maximum Gasteiger partial charge on any atom is 0.289 e. The highest BCUT2D eigenvalue weighted by atomic mass is 16.3. The van der Waals surface area contributed by atoms with Crippen LogP contribution in [0.3, 0.4) is 0 Å². The molecule has 3 aromatic rings. The number of fused-ring (bicyclic) bond motifs is 1. The molecule has 1 aliphatic heterocycles. The minimum Gasteiger partial charge on any atom is -0.450 e. The number of aliphatic hydroxyl groups is 1. The number of carbonyl (C=O) groups is 1. The highest BCUT2D eigenvalue weighted by molar-refractivity contribution is 5.99. The molecule has 0 spiro atoms. The average molecular weight is 410 g/mol. The first kappa shape index (κ1) is 20.7. The van der Waals surface area contributed by atoms with Gasteiger partial charge in [-0.05, 0) is 44.7 Å². The summed E-state index contributed by atoms with van der Waals surface area (Å²) in [6, 6.07) is 4.09. The molecule has 0 saturated carbocycles. The summed E-state index contributed by atoms with van der Waals surface area (Å²) < 4.78 is 8.08. The Labute approximate surface area is 177 Å². The number of carbonyl (C=O) groups excluding carboxylic acids is 1. The molecule has 1 aromatic carbocycles. The van der Waals surface area contributed by atoms with Gasteiger partial charge in [-0.3, -0.25) is 4.79 Å². The molecule has 6 nitrogen and oxygen atoms in total. The number of hydrogen-bond acceptors (Lipinski definition) is 4. The highest BCUT2D eigenvalue weighted by Crippen LogP contribution is 2.32. The van der Waals surface area contributed by atoms with E-state index in [-0.39, 0.29) is 5.91 Å². The number of amides is 1. The number of benzene rings is 1. The summed E-state index contributed by atoms with van der Waals surface area (Å²) in [5, 5.41) is 12.1. The first-order valence-corrected chi connectivity index (χ1v) is 10.7. The zero-order valence-electron chi connectivity index (χ0n) is 18.5. The smallest absolute Gasteiger partial charge is 0.289 e. The summed E-state index contributed by atoms with van der Waals surface area (Å²) in [5.41, 5.74) is 3.07. The largest absolute Gasteiger partial charge is 0.450 e. The van der Waals surface area contributed by atoms with Crippen LogP contribution in [0.15, 0.2) is 28.9 Å². The molecule has 30 heavy (non-hydrogen) atoms. The molecule has 1 amide bonds. The topological polar surface area (TPSA) is 71.5 Å². The Balaban J connectivity index is 1.49. The number of nitrogens with zero attached hydrogens (tertiary/aromatic N) is 3. The molecular formula is C24H31N3O3. The number of aryl methyl sites for hydroxylation is 3. The zero-order chi connectivity index (χ0) is 21.6. The lowest BCUT2D eigenvalue weighted by atomic mass is 9.91. The molecule has 0 bridgehead atoms. The van der Waals surface area contributed by atoms with E-state index in [9.17, 15) is 9.90 Å². The lowest BCUT2D eigenvalue weighted by Crippen LogP contribution is -2.48. The van der Waals surface area contributed by atoms with Crippen LogP contribution < -0.4 is 0 Å². The molecule has 1 aliphatic rings. The van der Waals surface area contributed by atoms with Crippen molar-refractivity contribution in [2.75, 3.05) is 13.1 Å². The number of rotatable bonds is 4. The molecule has 0 radical (unpaired) electrons. The van der Waals surface area contributed by atoms with Crippen molar-refractivity contribution in [2.45, 2.75) is 65.5 Å². The Hall–Kier alpha value is -2.60. The average Bonchev–Trinajstić information content (AvgIpc) is 3.29. The summed E-state index contributed by atoms with van der Waals surface area (Å²) >= 11 is 0. The van der Waals surface area contributed by atoms with Crippen LogP contribution in [-0.4, -0.2) is 44.2 Å². The monoisotopic (exact) mass is 409 g/mol. The van der Waals surface area contributed by atoms with Crippen LogP contribution in [0, 0.1) is 20.8 Å². The molecule has 0 atom stereocenters. The Bertz CT molecular complexity index is 1080. The summed E-state index contributed by atoms with van der Waals surface area (Å²) in [4.78, 5) is 19.4. The van der Waals surface area contributed by atoms with Gasteiger partial charge >= 0.3 is 0 Å². The summed E-state index contributed by atoms with van der Waals surface area (Å²) in [5.74, 6) is 1.60. The van der Waals surface area contributed by atoms with E-state index < -0.39 is 5.60 Å². The summed E-state index contributed by atoms with van der Waals surface area (Å²) in [7, 11) is 0. The third-order valence-electron chi connectivity index (χ3n) is 6.53. The van der Waals surface area contributed by atoms with Gasteiger partial charge in [0.1, 0.15) is 11.4 Å². The van der Waals surface area contributed by atoms with Crippen molar-refractivity contribution in [1.29, 1.82) is 0 Å². The van der Waals surface area contributed by atoms with Gasteiger partial charge in [-0.1, -0.05) is 26.0 Å². The van der Waals surface area contributed by atoms with Crippen LogP contribution in [-0.2, 0) is 6.54 Å². The van der Waals surface area contributed by atoms with E-state index in [1.54, 1.807) is 11.1 Å². The summed E-state index contributed by atoms with van der Waals surface area (Å²) in [6.45, 7) is 11.7. The van der Waals surface area contributed by atoms with Gasteiger partial charge in [0.05, 0.1) is 12.1 Å². The fourth-order valence-electron chi connectivity index (χ4n) is 4.42. The molecule has 3 heterocycles. The Morgan fingerprint density at radius 1 is 1.20 bits per heavy atom. The molecule has 0 unspecified atom stereocenters. The fraction of sp³-hybridized carbons (Fsp3) is 0.500. The fourth-order valence-corrected chi connectivity index (χ4v) is 4.42. The molecule has 1 fully saturated rings. The van der Waals surface area contributed by atoms with E-state index in [0.717, 1.165) is 33.5 Å². The standard InChI is InChI=1S/C24H31N3O3/c1-15(2)22-25-10-13-27(22)14-24(29)8-11-26(12-9-24)23(28)21-18(5)19-7-6-16(3)17(4)20(19)30-21/h6-7,10,13,15,29H,8-9,11-12,14H2,1-5H3. The number of aromatic nitrogens is 2. The maximum absolute atomic E-state index is 13.2. The van der Waals surface area contributed by atoms with Crippen molar-refractivity contribution in [3.05, 3.63) is 52.8 Å². The normalized spacial score (nSPS) is 16.6. The lowest BCUT2D eigenvalue weighted by Gasteiger charge is -2.38. The molecule has 1 N–H and O–H groups in total. The van der Waals surface area contributed by atoms with Crippen LogP contribution in [0.25, 0.3) is 11.0 Å². The number of imidazole rings is 1. The van der Waals surface area contributed by atoms with Crippen molar-refractivity contribution >= 4 is 16.9 Å². The Kier molecular flexibility index (Phi) is 5.22. The predicted molar refractivity (Wildman–Crippen MR) is 117 cm³/mol. The second kappa shape index (κ2) is 7.58. The molecular weight excluding hydrogens is 378 g/mol. The number of likely N-dealkylation sites (tertiary alicyclic amines) is 1. The van der Waals surface area contributed by atoms with Crippen molar-refractivity contribution < 1.29 is 14.3 Å². The third kappa shape index (κ3) is 3.54. The van der Waals surface area contributed by atoms with Gasteiger partial charge in [-0.25, -0.2) is 4.98 Å². The number of hydrogen-bond donors (Lipinski definition) is 1. The van der Waals surface area contributed by atoms with Crippen LogP contribution in [0.4, 0.5) is 0 Å². The van der Waals surface area contributed by atoms with E-state index in [4.69, 9.17) is 4.42 Å². The van der Waals surface area contributed by atoms with Crippen molar-refractivity contribution in [3.8, 4) is 0 Å². The third-order valence-corrected chi connectivity index (χ3v) is 6.53. The van der Waals surface area contributed by atoms with E-state index in [0.29, 0.717) is 44.2 Å². The minimum atomic E-state index is -0.836. The molecule has 4 rings (SSSR count). The van der Waals surface area contributed by atoms with Gasteiger partial charge in [0.15, 0.2) is 5.76 Å². The van der Waals surface area contributed by atoms with Gasteiger partial charge < -0.3 is 19.0 Å². The van der Waals surface area contributed by atoms with Gasteiger partial charge in [0.25, 0.3) is 5.91 Å². The van der Waals surface area contributed by atoms with Gasteiger partial charge in [-0.2, -0.15) is 0 Å². The maximum atomic E-state index is 13.2. The van der Waals surface area contributed by atoms with Crippen LogP contribution in [0.5, 0.6) is 0 Å². The number of furan rings is 1. The van der Waals surface area contributed by atoms with Crippen molar-refractivity contribution in [3.63, 3.8) is 0 Å². The van der Waals surface area contributed by atoms with Crippen LogP contribution >= 0.6 is 0 Å². The molecule has 160 valence electrons. The van der Waals surface area contributed by atoms with Gasteiger partial charge in [0.2, 0.25) is 0 Å². The lowest BCUT2D eigenvalue weighted by molar-refractivity contribution is -0.0303. The Morgan fingerprint density at radius 2 is 1.90 bits per heavy atom. The van der Waals surface area contributed by atoms with E-state index >= 15 is 0 Å². The van der Waals surface area contributed by atoms with E-state index in [1.807, 2.05) is 37.6 Å². The van der Waals surface area contributed by atoms with Gasteiger partial charge in [-0.15, -0.1) is 0 Å². The Morgan fingerprint density at radius 3 is 2.57 bits per heavy atom. The molecule has 0 aliphatic carbocycles. The second-order valence-electron chi connectivity index (χ2n) is 9.02. The van der Waals surface area contributed by atoms with E-state index in [2.05, 4.69) is 24.9 Å². The van der Waals surface area contributed by atoms with Crippen molar-refractivity contribution in [1.82, 2.24) is 14.5 Å². The van der Waals surface area contributed by atoms with E-state index in [1.165, 1.54) is 0 Å². The van der Waals surface area contributed by atoms with Crippen LogP contribution in [0.1, 0.15) is 65.7 Å². The zero-order valence-corrected chi connectivity index (χ0v) is 18.5. The molecule has 2 aromatic heterocycles. The van der Waals surface area contributed by atoms with Gasteiger partial charge in [0, 0.05) is 42.4 Å². The second-order valence-corrected chi connectivity index (χ2v) is 9.02. The van der Waals surface area contributed by atoms with Crippen molar-refractivity contribution in [2.24, 2.45) is 0 Å². The predicted octanol–water partition coefficient (Wildman–Crippen LogP) is 4.35. The highest BCUT2D eigenvalue weighted by Gasteiger charge is 2.36. The quantitative estimate of drug-likeness (QED) is 0.696. The molecule has 6 heteroatoms.